The van der Waals surface area contributed by atoms with E-state index in [4.69, 9.17) is 9.47 Å². The first-order valence-electron chi connectivity index (χ1n) is 13.4. The third-order valence-corrected chi connectivity index (χ3v) is 7.68. The van der Waals surface area contributed by atoms with Crippen LogP contribution in [0.15, 0.2) is 66.7 Å². The zero-order chi connectivity index (χ0) is 26.1. The molecule has 6 heteroatoms. The van der Waals surface area contributed by atoms with Gasteiger partial charge in [0.25, 0.3) is 0 Å². The summed E-state index contributed by atoms with van der Waals surface area (Å²) in [7, 11) is 0. The van der Waals surface area contributed by atoms with Crippen LogP contribution in [0.25, 0.3) is 21.9 Å². The molecule has 4 aromatic carbocycles. The molecule has 196 valence electrons. The van der Waals surface area contributed by atoms with Gasteiger partial charge >= 0.3 is 0 Å². The Bertz CT molecular complexity index is 1450. The summed E-state index contributed by atoms with van der Waals surface area (Å²) < 4.78 is 42.1. The Labute approximate surface area is 221 Å². The molecule has 1 fully saturated rings. The van der Waals surface area contributed by atoms with Crippen LogP contribution in [-0.2, 0) is 0 Å². The van der Waals surface area contributed by atoms with Crippen molar-refractivity contribution in [1.29, 1.82) is 0 Å². The number of aromatic hydroxyl groups is 1. The molecule has 0 aromatic heterocycles. The maximum atomic E-state index is 15.0. The predicted octanol–water partition coefficient (Wildman–Crippen LogP) is 7.62. The van der Waals surface area contributed by atoms with Gasteiger partial charge in [0.2, 0.25) is 0 Å². The molecular weight excluding hydrogens is 484 g/mol. The summed E-state index contributed by atoms with van der Waals surface area (Å²) in [6, 6.07) is 18.5. The number of ether oxygens (including phenoxy) is 2. The highest BCUT2D eigenvalue weighted by Gasteiger charge is 2.33. The van der Waals surface area contributed by atoms with Crippen molar-refractivity contribution in [2.75, 3.05) is 26.2 Å². The molecule has 4 nitrogen and oxygen atoms in total. The standard InChI is InChI=1S/C32H31F2NO3/c33-27-14-15-28(34)32-30(27)26-12-8-22-20-23(36)9-13-25(22)29(26)31(38-32)21-6-10-24(11-7-21)37-19-18-35-16-4-2-1-3-5-17-35/h6-15,20,31,36H,1-5,16-19H2. The first kappa shape index (κ1) is 24.7. The predicted molar refractivity (Wildman–Crippen MR) is 145 cm³/mol. The summed E-state index contributed by atoms with van der Waals surface area (Å²) in [6.07, 6.45) is 5.80. The van der Waals surface area contributed by atoms with Crippen LogP contribution in [0.5, 0.6) is 17.2 Å². The highest BCUT2D eigenvalue weighted by atomic mass is 19.1. The normalized spacial score (nSPS) is 17.7. The van der Waals surface area contributed by atoms with E-state index in [1.54, 1.807) is 24.3 Å². The van der Waals surface area contributed by atoms with Crippen LogP contribution in [0.2, 0.25) is 0 Å². The van der Waals surface area contributed by atoms with E-state index >= 15 is 0 Å². The summed E-state index contributed by atoms with van der Waals surface area (Å²) in [5.74, 6) is -0.331. The van der Waals surface area contributed by atoms with E-state index in [0.717, 1.165) is 59.4 Å². The number of benzene rings is 4. The van der Waals surface area contributed by atoms with Gasteiger partial charge < -0.3 is 14.6 Å². The summed E-state index contributed by atoms with van der Waals surface area (Å²) >= 11 is 0. The van der Waals surface area contributed by atoms with E-state index in [2.05, 4.69) is 4.90 Å². The van der Waals surface area contributed by atoms with Gasteiger partial charge in [0, 0.05) is 12.1 Å². The first-order chi connectivity index (χ1) is 18.6. The Morgan fingerprint density at radius 2 is 1.58 bits per heavy atom. The topological polar surface area (TPSA) is 41.9 Å². The van der Waals surface area contributed by atoms with E-state index < -0.39 is 17.7 Å². The largest absolute Gasteiger partial charge is 0.508 e. The second-order valence-electron chi connectivity index (χ2n) is 10.2. The second kappa shape index (κ2) is 10.6. The smallest absolute Gasteiger partial charge is 0.167 e. The maximum absolute atomic E-state index is 15.0. The lowest BCUT2D eigenvalue weighted by atomic mass is 9.85. The molecule has 0 radical (unpaired) electrons. The zero-order valence-corrected chi connectivity index (χ0v) is 21.3. The number of phenols is 1. The molecule has 38 heavy (non-hydrogen) atoms. The molecule has 2 aliphatic rings. The minimum Gasteiger partial charge on any atom is -0.508 e. The van der Waals surface area contributed by atoms with Crippen molar-refractivity contribution in [1.82, 2.24) is 4.90 Å². The Kier molecular flexibility index (Phi) is 6.90. The fraction of sp³-hybridized carbons (Fsp3) is 0.312. The Hall–Kier alpha value is -3.64. The third kappa shape index (κ3) is 4.81. The highest BCUT2D eigenvalue weighted by Crippen LogP contribution is 2.49. The molecule has 0 bridgehead atoms. The van der Waals surface area contributed by atoms with Gasteiger partial charge in [0.05, 0.1) is 5.56 Å². The number of hydrogen-bond donors (Lipinski definition) is 1. The molecule has 2 heterocycles. The van der Waals surface area contributed by atoms with Crippen LogP contribution in [-0.4, -0.2) is 36.2 Å². The van der Waals surface area contributed by atoms with Crippen molar-refractivity contribution in [3.8, 4) is 28.4 Å². The Morgan fingerprint density at radius 3 is 2.37 bits per heavy atom. The van der Waals surface area contributed by atoms with Crippen LogP contribution >= 0.6 is 0 Å². The van der Waals surface area contributed by atoms with Gasteiger partial charge in [-0.1, -0.05) is 49.6 Å². The van der Waals surface area contributed by atoms with Crippen LogP contribution < -0.4 is 9.47 Å². The van der Waals surface area contributed by atoms with Crippen LogP contribution in [0.4, 0.5) is 8.78 Å². The summed E-state index contributed by atoms with van der Waals surface area (Å²) in [4.78, 5) is 2.48. The van der Waals surface area contributed by atoms with E-state index in [9.17, 15) is 13.9 Å². The number of halogens is 2. The van der Waals surface area contributed by atoms with E-state index in [0.29, 0.717) is 12.2 Å². The fourth-order valence-electron chi connectivity index (χ4n) is 5.72. The van der Waals surface area contributed by atoms with Gasteiger partial charge in [-0.3, -0.25) is 4.90 Å². The maximum Gasteiger partial charge on any atom is 0.167 e. The zero-order valence-electron chi connectivity index (χ0n) is 21.3. The summed E-state index contributed by atoms with van der Waals surface area (Å²) in [5.41, 5.74) is 2.25. The average molecular weight is 516 g/mol. The monoisotopic (exact) mass is 515 g/mol. The molecule has 0 aliphatic carbocycles. The summed E-state index contributed by atoms with van der Waals surface area (Å²) in [5, 5.41) is 11.6. The molecule has 6 rings (SSSR count). The van der Waals surface area contributed by atoms with E-state index in [1.807, 2.05) is 30.3 Å². The van der Waals surface area contributed by atoms with Crippen LogP contribution in [0.1, 0.15) is 49.3 Å². The number of hydrogen-bond acceptors (Lipinski definition) is 4. The summed E-state index contributed by atoms with van der Waals surface area (Å²) in [6.45, 7) is 3.78. The van der Waals surface area contributed by atoms with E-state index in [-0.39, 0.29) is 17.1 Å². The number of fused-ring (bicyclic) bond motifs is 5. The molecular formula is C32H31F2NO3. The molecule has 1 atom stereocenters. The lowest BCUT2D eigenvalue weighted by Crippen LogP contribution is -2.31. The van der Waals surface area contributed by atoms with Crippen molar-refractivity contribution in [3.63, 3.8) is 0 Å². The molecule has 1 saturated heterocycles. The van der Waals surface area contributed by atoms with Crippen molar-refractivity contribution in [3.05, 3.63) is 89.5 Å². The van der Waals surface area contributed by atoms with Crippen molar-refractivity contribution >= 4 is 10.8 Å². The molecule has 2 aliphatic heterocycles. The number of likely N-dealkylation sites (tertiary alicyclic amines) is 1. The number of rotatable bonds is 5. The van der Waals surface area contributed by atoms with Gasteiger partial charge in [-0.15, -0.1) is 0 Å². The van der Waals surface area contributed by atoms with Crippen LogP contribution in [0, 0.1) is 11.6 Å². The van der Waals surface area contributed by atoms with Gasteiger partial charge in [0.1, 0.15) is 23.9 Å². The Morgan fingerprint density at radius 1 is 0.842 bits per heavy atom. The lowest BCUT2D eigenvalue weighted by molar-refractivity contribution is 0.195. The fourth-order valence-corrected chi connectivity index (χ4v) is 5.72. The third-order valence-electron chi connectivity index (χ3n) is 7.68. The van der Waals surface area contributed by atoms with Crippen LogP contribution in [0.3, 0.4) is 0 Å². The van der Waals surface area contributed by atoms with Crippen molar-refractivity contribution in [2.45, 2.75) is 38.2 Å². The SMILES string of the molecule is Oc1ccc2c3c(ccc2c1)-c1c(F)ccc(F)c1OC3c1ccc(OCCN2CCCCCCC2)cc1. The lowest BCUT2D eigenvalue weighted by Gasteiger charge is -2.31. The molecule has 1 N–H and O–H groups in total. The first-order valence-corrected chi connectivity index (χ1v) is 13.4. The number of phenolic OH excluding ortho intramolecular Hbond substituents is 1. The molecule has 4 aromatic rings. The van der Waals surface area contributed by atoms with Crippen molar-refractivity contribution < 1.29 is 23.4 Å². The number of nitrogens with zero attached hydrogens (tertiary/aromatic N) is 1. The molecule has 0 saturated carbocycles. The molecule has 0 amide bonds. The minimum atomic E-state index is -0.655. The average Bonchev–Trinajstić information content (AvgIpc) is 2.91. The van der Waals surface area contributed by atoms with Gasteiger partial charge in [-0.05, 0) is 84.2 Å². The second-order valence-corrected chi connectivity index (χ2v) is 10.2. The highest BCUT2D eigenvalue weighted by molar-refractivity contribution is 5.95. The molecule has 1 unspecified atom stereocenters. The van der Waals surface area contributed by atoms with Gasteiger partial charge in [-0.2, -0.15) is 0 Å². The van der Waals surface area contributed by atoms with Gasteiger partial charge in [0.15, 0.2) is 17.7 Å². The minimum absolute atomic E-state index is 0.0887. The van der Waals surface area contributed by atoms with Gasteiger partial charge in [-0.25, -0.2) is 8.78 Å². The quantitative estimate of drug-likeness (QED) is 0.297. The van der Waals surface area contributed by atoms with Crippen molar-refractivity contribution in [2.24, 2.45) is 0 Å². The Balaban J connectivity index is 1.29. The van der Waals surface area contributed by atoms with E-state index in [1.165, 1.54) is 32.1 Å². The molecule has 0 spiro atoms.